The lowest BCUT2D eigenvalue weighted by atomic mass is 9.99. The molecule has 0 saturated carbocycles. The van der Waals surface area contributed by atoms with Gasteiger partial charge in [0.25, 0.3) is 0 Å². The van der Waals surface area contributed by atoms with Crippen LogP contribution < -0.4 is 5.32 Å². The third-order valence-electron chi connectivity index (χ3n) is 4.81. The van der Waals surface area contributed by atoms with Crippen LogP contribution in [0.1, 0.15) is 34.5 Å². The molecule has 0 unspecified atom stereocenters. The standard InChI is InChI=1S/C20H23ClN4O/c1-11-6-7-15(21)10-17(11)23-18(26)9-8-16-12(2)19-14(4)24-25(5)20(19)22-13(16)3/h6-7,10H,8-9H2,1-5H3,(H,23,26). The highest BCUT2D eigenvalue weighted by Crippen LogP contribution is 2.26. The average molecular weight is 371 g/mol. The number of carbonyl (C=O) groups is 1. The van der Waals surface area contributed by atoms with E-state index in [1.54, 1.807) is 6.07 Å². The smallest absolute Gasteiger partial charge is 0.224 e. The van der Waals surface area contributed by atoms with Crippen LogP contribution in [0.3, 0.4) is 0 Å². The molecule has 0 radical (unpaired) electrons. The Morgan fingerprint density at radius 3 is 2.65 bits per heavy atom. The van der Waals surface area contributed by atoms with Gasteiger partial charge in [0.1, 0.15) is 0 Å². The number of benzene rings is 1. The Balaban J connectivity index is 1.80. The number of halogens is 1. The van der Waals surface area contributed by atoms with Crippen LogP contribution in [0.2, 0.25) is 5.02 Å². The van der Waals surface area contributed by atoms with Gasteiger partial charge in [0.2, 0.25) is 5.91 Å². The minimum atomic E-state index is -0.0304. The van der Waals surface area contributed by atoms with Gasteiger partial charge in [0.15, 0.2) is 5.65 Å². The highest BCUT2D eigenvalue weighted by Gasteiger charge is 2.16. The second-order valence-corrected chi connectivity index (χ2v) is 7.15. The van der Waals surface area contributed by atoms with Crippen molar-refractivity contribution in [3.63, 3.8) is 0 Å². The van der Waals surface area contributed by atoms with Gasteiger partial charge in [-0.2, -0.15) is 5.10 Å². The molecule has 0 saturated heterocycles. The molecular weight excluding hydrogens is 348 g/mol. The van der Waals surface area contributed by atoms with Gasteiger partial charge in [-0.05, 0) is 62.9 Å². The van der Waals surface area contributed by atoms with Gasteiger partial charge < -0.3 is 5.32 Å². The molecule has 5 nitrogen and oxygen atoms in total. The van der Waals surface area contributed by atoms with Crippen LogP contribution in [-0.2, 0) is 18.3 Å². The molecule has 1 aromatic carbocycles. The summed E-state index contributed by atoms with van der Waals surface area (Å²) in [6.07, 6.45) is 1.03. The van der Waals surface area contributed by atoms with Crippen molar-refractivity contribution in [2.24, 2.45) is 7.05 Å². The van der Waals surface area contributed by atoms with Crippen LogP contribution in [0.5, 0.6) is 0 Å². The second kappa shape index (κ2) is 7.08. The average Bonchev–Trinajstić information content (AvgIpc) is 2.84. The number of anilines is 1. The summed E-state index contributed by atoms with van der Waals surface area (Å²) in [6.45, 7) is 8.01. The van der Waals surface area contributed by atoms with Gasteiger partial charge in [-0.25, -0.2) is 4.98 Å². The molecule has 0 spiro atoms. The van der Waals surface area contributed by atoms with E-state index in [0.29, 0.717) is 17.9 Å². The fourth-order valence-electron chi connectivity index (χ4n) is 3.41. The van der Waals surface area contributed by atoms with Crippen molar-refractivity contribution in [2.75, 3.05) is 5.32 Å². The van der Waals surface area contributed by atoms with E-state index in [0.717, 1.165) is 44.8 Å². The first kappa shape index (κ1) is 18.4. The van der Waals surface area contributed by atoms with Crippen LogP contribution in [0.15, 0.2) is 18.2 Å². The van der Waals surface area contributed by atoms with E-state index in [9.17, 15) is 4.79 Å². The second-order valence-electron chi connectivity index (χ2n) is 6.72. The number of aryl methyl sites for hydroxylation is 5. The molecule has 1 amide bonds. The third-order valence-corrected chi connectivity index (χ3v) is 5.04. The predicted octanol–water partition coefficient (Wildman–Crippen LogP) is 4.43. The van der Waals surface area contributed by atoms with Crippen LogP contribution in [0.25, 0.3) is 11.0 Å². The predicted molar refractivity (Wildman–Crippen MR) is 106 cm³/mol. The van der Waals surface area contributed by atoms with Gasteiger partial charge in [0.05, 0.1) is 5.69 Å². The quantitative estimate of drug-likeness (QED) is 0.739. The van der Waals surface area contributed by atoms with E-state index in [1.165, 1.54) is 0 Å². The van der Waals surface area contributed by atoms with Crippen LogP contribution in [0.4, 0.5) is 5.69 Å². The fraction of sp³-hybridized carbons (Fsp3) is 0.350. The number of nitrogens with one attached hydrogen (secondary N) is 1. The first-order chi connectivity index (χ1) is 12.3. The topological polar surface area (TPSA) is 59.8 Å². The molecule has 2 aromatic heterocycles. The Morgan fingerprint density at radius 2 is 1.92 bits per heavy atom. The Bertz CT molecular complexity index is 1010. The Labute approximate surface area is 158 Å². The lowest BCUT2D eigenvalue weighted by Gasteiger charge is -2.12. The molecule has 2 heterocycles. The molecular formula is C20H23ClN4O. The zero-order chi connectivity index (χ0) is 19.0. The highest BCUT2D eigenvalue weighted by molar-refractivity contribution is 6.31. The number of rotatable bonds is 4. The summed E-state index contributed by atoms with van der Waals surface area (Å²) in [5.41, 5.74) is 6.82. The minimum absolute atomic E-state index is 0.0304. The number of fused-ring (bicyclic) bond motifs is 1. The number of amides is 1. The zero-order valence-electron chi connectivity index (χ0n) is 15.8. The summed E-state index contributed by atoms with van der Waals surface area (Å²) in [5.74, 6) is -0.0304. The van der Waals surface area contributed by atoms with E-state index in [-0.39, 0.29) is 5.91 Å². The van der Waals surface area contributed by atoms with Crippen molar-refractivity contribution >= 4 is 34.2 Å². The largest absolute Gasteiger partial charge is 0.326 e. The molecule has 0 aliphatic heterocycles. The summed E-state index contributed by atoms with van der Waals surface area (Å²) >= 11 is 6.02. The van der Waals surface area contributed by atoms with Crippen LogP contribution in [-0.4, -0.2) is 20.7 Å². The van der Waals surface area contributed by atoms with Crippen molar-refractivity contribution in [1.82, 2.24) is 14.8 Å². The molecule has 136 valence electrons. The number of carbonyl (C=O) groups excluding carboxylic acids is 1. The van der Waals surface area contributed by atoms with E-state index in [2.05, 4.69) is 17.3 Å². The SMILES string of the molecule is Cc1ccc(Cl)cc1NC(=O)CCc1c(C)nc2c(c(C)nn2C)c1C. The van der Waals surface area contributed by atoms with Crippen molar-refractivity contribution in [3.05, 3.63) is 51.3 Å². The molecule has 0 fully saturated rings. The van der Waals surface area contributed by atoms with Crippen molar-refractivity contribution < 1.29 is 4.79 Å². The Hall–Kier alpha value is -2.40. The van der Waals surface area contributed by atoms with E-state index in [1.807, 2.05) is 44.6 Å². The van der Waals surface area contributed by atoms with Crippen molar-refractivity contribution in [3.8, 4) is 0 Å². The molecule has 3 rings (SSSR count). The number of hydrogen-bond donors (Lipinski definition) is 1. The summed E-state index contributed by atoms with van der Waals surface area (Å²) in [7, 11) is 1.90. The zero-order valence-corrected chi connectivity index (χ0v) is 16.5. The Morgan fingerprint density at radius 1 is 1.19 bits per heavy atom. The summed E-state index contributed by atoms with van der Waals surface area (Å²) in [4.78, 5) is 17.1. The fourth-order valence-corrected chi connectivity index (χ4v) is 3.58. The summed E-state index contributed by atoms with van der Waals surface area (Å²) in [5, 5.41) is 9.11. The maximum atomic E-state index is 12.4. The first-order valence-electron chi connectivity index (χ1n) is 8.63. The molecule has 0 aliphatic rings. The third kappa shape index (κ3) is 3.44. The van der Waals surface area contributed by atoms with Crippen molar-refractivity contribution in [1.29, 1.82) is 0 Å². The monoisotopic (exact) mass is 370 g/mol. The lowest BCUT2D eigenvalue weighted by molar-refractivity contribution is -0.116. The minimum Gasteiger partial charge on any atom is -0.326 e. The highest BCUT2D eigenvalue weighted by atomic mass is 35.5. The summed E-state index contributed by atoms with van der Waals surface area (Å²) < 4.78 is 1.81. The number of pyridine rings is 1. The normalized spacial score (nSPS) is 11.2. The van der Waals surface area contributed by atoms with Gasteiger partial charge >= 0.3 is 0 Å². The van der Waals surface area contributed by atoms with Gasteiger partial charge in [-0.1, -0.05) is 17.7 Å². The van der Waals surface area contributed by atoms with Crippen LogP contribution in [0, 0.1) is 27.7 Å². The first-order valence-corrected chi connectivity index (χ1v) is 9.01. The van der Waals surface area contributed by atoms with E-state index >= 15 is 0 Å². The maximum Gasteiger partial charge on any atom is 0.224 e. The molecule has 1 N–H and O–H groups in total. The summed E-state index contributed by atoms with van der Waals surface area (Å²) in [6, 6.07) is 5.49. The van der Waals surface area contributed by atoms with Crippen molar-refractivity contribution in [2.45, 2.75) is 40.5 Å². The maximum absolute atomic E-state index is 12.4. The van der Waals surface area contributed by atoms with Gasteiger partial charge in [-0.3, -0.25) is 9.48 Å². The van der Waals surface area contributed by atoms with E-state index < -0.39 is 0 Å². The molecule has 0 bridgehead atoms. The van der Waals surface area contributed by atoms with Gasteiger partial charge in [-0.15, -0.1) is 0 Å². The number of nitrogens with zero attached hydrogens (tertiary/aromatic N) is 3. The van der Waals surface area contributed by atoms with E-state index in [4.69, 9.17) is 16.6 Å². The Kier molecular flexibility index (Phi) is 5.01. The molecule has 26 heavy (non-hydrogen) atoms. The molecule has 0 aliphatic carbocycles. The molecule has 6 heteroatoms. The van der Waals surface area contributed by atoms with Crippen LogP contribution >= 0.6 is 11.6 Å². The molecule has 0 atom stereocenters. The molecule has 3 aromatic rings. The number of aromatic nitrogens is 3. The number of hydrogen-bond acceptors (Lipinski definition) is 3. The lowest BCUT2D eigenvalue weighted by Crippen LogP contribution is -2.14. The van der Waals surface area contributed by atoms with Gasteiger partial charge in [0, 0.05) is 35.3 Å².